The number of nitrogens with zero attached hydrogens (tertiary/aromatic N) is 2. The fourth-order valence-electron chi connectivity index (χ4n) is 3.71. The van der Waals surface area contributed by atoms with Gasteiger partial charge in [-0.15, -0.1) is 0 Å². The van der Waals surface area contributed by atoms with Gasteiger partial charge in [-0.2, -0.15) is 0 Å². The zero-order valence-corrected chi connectivity index (χ0v) is 18.9. The lowest BCUT2D eigenvalue weighted by Crippen LogP contribution is -2.43. The smallest absolute Gasteiger partial charge is 0.322 e. The molecule has 1 N–H and O–H groups in total. The number of carbonyl (C=O) groups excluding carboxylic acids is 1. The molecule has 1 aliphatic heterocycles. The van der Waals surface area contributed by atoms with E-state index in [-0.39, 0.29) is 23.6 Å². The van der Waals surface area contributed by atoms with Gasteiger partial charge in [0.25, 0.3) is 0 Å². The lowest BCUT2D eigenvalue weighted by molar-refractivity contribution is 0.190. The van der Waals surface area contributed by atoms with Crippen molar-refractivity contribution in [3.05, 3.63) is 59.1 Å². The lowest BCUT2D eigenvalue weighted by atomic mass is 10.1. The fraction of sp³-hybridized carbons (Fsp3) is 0.409. The summed E-state index contributed by atoms with van der Waals surface area (Å²) < 4.78 is 24.0. The largest absolute Gasteiger partial charge is 0.372 e. The number of benzene rings is 2. The first kappa shape index (κ1) is 22.4. The quantitative estimate of drug-likeness (QED) is 0.679. The van der Waals surface area contributed by atoms with Crippen LogP contribution in [-0.4, -0.2) is 50.0 Å². The molecule has 1 heterocycles. The van der Waals surface area contributed by atoms with Crippen molar-refractivity contribution in [3.63, 3.8) is 0 Å². The van der Waals surface area contributed by atoms with E-state index in [0.717, 1.165) is 24.3 Å². The van der Waals surface area contributed by atoms with Gasteiger partial charge in [0.05, 0.1) is 11.5 Å². The molecule has 2 aromatic rings. The summed E-state index contributed by atoms with van der Waals surface area (Å²) in [5, 5.41) is 3.45. The number of amides is 2. The van der Waals surface area contributed by atoms with Crippen molar-refractivity contribution >= 4 is 38.8 Å². The number of hydrogen-bond acceptors (Lipinski definition) is 4. The van der Waals surface area contributed by atoms with Gasteiger partial charge in [-0.25, -0.2) is 13.2 Å². The predicted molar refractivity (Wildman–Crippen MR) is 123 cm³/mol. The number of hydrogen-bond donors (Lipinski definition) is 1. The van der Waals surface area contributed by atoms with Gasteiger partial charge in [-0.3, -0.25) is 0 Å². The van der Waals surface area contributed by atoms with E-state index in [1.54, 1.807) is 29.2 Å². The summed E-state index contributed by atoms with van der Waals surface area (Å²) in [6.45, 7) is 6.41. The molecular weight excluding hydrogens is 422 g/mol. The van der Waals surface area contributed by atoms with Crippen LogP contribution in [0.15, 0.2) is 48.5 Å². The van der Waals surface area contributed by atoms with Crippen LogP contribution in [0.4, 0.5) is 16.2 Å². The second-order valence-corrected chi connectivity index (χ2v) is 10.1. The maximum Gasteiger partial charge on any atom is 0.322 e. The van der Waals surface area contributed by atoms with Crippen LogP contribution in [-0.2, 0) is 16.4 Å². The Morgan fingerprint density at radius 1 is 1.07 bits per heavy atom. The Morgan fingerprint density at radius 2 is 1.70 bits per heavy atom. The van der Waals surface area contributed by atoms with Crippen molar-refractivity contribution in [2.45, 2.75) is 32.9 Å². The van der Waals surface area contributed by atoms with Crippen molar-refractivity contribution in [2.24, 2.45) is 0 Å². The topological polar surface area (TPSA) is 69.7 Å². The van der Waals surface area contributed by atoms with Crippen molar-refractivity contribution in [2.75, 3.05) is 34.8 Å². The first-order valence-electron chi connectivity index (χ1n) is 10.2. The minimum atomic E-state index is -3.12. The van der Waals surface area contributed by atoms with E-state index < -0.39 is 9.84 Å². The molecule has 1 saturated heterocycles. The highest BCUT2D eigenvalue weighted by Gasteiger charge is 2.34. The van der Waals surface area contributed by atoms with Gasteiger partial charge in [0, 0.05) is 42.1 Å². The van der Waals surface area contributed by atoms with Crippen LogP contribution in [0, 0.1) is 0 Å². The predicted octanol–water partition coefficient (Wildman–Crippen LogP) is 4.41. The Bertz CT molecular complexity index is 958. The maximum atomic E-state index is 13.0. The molecule has 2 aromatic carbocycles. The molecule has 6 nitrogen and oxygen atoms in total. The summed E-state index contributed by atoms with van der Waals surface area (Å²) in [7, 11) is -3.12. The second-order valence-electron chi connectivity index (χ2n) is 7.46. The number of carbonyl (C=O) groups is 1. The van der Waals surface area contributed by atoms with E-state index in [1.807, 2.05) is 24.3 Å². The summed E-state index contributed by atoms with van der Waals surface area (Å²) in [6.07, 6.45) is 0.452. The number of urea groups is 1. The van der Waals surface area contributed by atoms with Gasteiger partial charge in [-0.1, -0.05) is 23.7 Å². The van der Waals surface area contributed by atoms with Crippen LogP contribution in [0.1, 0.15) is 25.8 Å². The van der Waals surface area contributed by atoms with E-state index in [1.165, 1.54) is 0 Å². The molecule has 0 radical (unpaired) electrons. The molecule has 1 unspecified atom stereocenters. The molecule has 3 rings (SSSR count). The normalized spacial score (nSPS) is 17.5. The van der Waals surface area contributed by atoms with Gasteiger partial charge in [0.1, 0.15) is 0 Å². The Kier molecular flexibility index (Phi) is 7.26. The third-order valence-corrected chi connectivity index (χ3v) is 7.43. The lowest BCUT2D eigenvalue weighted by Gasteiger charge is -2.29. The molecular formula is C22H28ClN3O3S. The van der Waals surface area contributed by atoms with Crippen molar-refractivity contribution in [1.82, 2.24) is 4.90 Å². The average molecular weight is 450 g/mol. The number of sulfone groups is 1. The zero-order chi connectivity index (χ0) is 21.7. The van der Waals surface area contributed by atoms with Crippen LogP contribution in [0.25, 0.3) is 0 Å². The summed E-state index contributed by atoms with van der Waals surface area (Å²) in [6, 6.07) is 14.3. The summed E-state index contributed by atoms with van der Waals surface area (Å²) in [5.74, 6) is 0.113. The van der Waals surface area contributed by atoms with E-state index in [0.29, 0.717) is 23.7 Å². The number of halogens is 1. The van der Waals surface area contributed by atoms with Crippen LogP contribution in [0.5, 0.6) is 0 Å². The third-order valence-electron chi connectivity index (χ3n) is 5.42. The zero-order valence-electron chi connectivity index (χ0n) is 17.3. The monoisotopic (exact) mass is 449 g/mol. The van der Waals surface area contributed by atoms with E-state index in [9.17, 15) is 13.2 Å². The molecule has 0 aromatic heterocycles. The van der Waals surface area contributed by atoms with E-state index >= 15 is 0 Å². The SMILES string of the molecule is CCN(CC)c1ccc(CN(C(=O)Nc2ccc(Cl)cc2)C2CCS(=O)(=O)C2)cc1. The highest BCUT2D eigenvalue weighted by molar-refractivity contribution is 7.91. The molecule has 162 valence electrons. The molecule has 8 heteroatoms. The highest BCUT2D eigenvalue weighted by atomic mass is 35.5. The fourth-order valence-corrected chi connectivity index (χ4v) is 5.57. The first-order valence-corrected chi connectivity index (χ1v) is 12.4. The minimum Gasteiger partial charge on any atom is -0.372 e. The Balaban J connectivity index is 1.79. The number of rotatable bonds is 7. The Hall–Kier alpha value is -2.25. The molecule has 1 aliphatic rings. The van der Waals surface area contributed by atoms with Gasteiger partial charge in [-0.05, 0) is 62.2 Å². The molecule has 0 aliphatic carbocycles. The van der Waals surface area contributed by atoms with Gasteiger partial charge in [0.2, 0.25) is 0 Å². The Morgan fingerprint density at radius 3 is 2.23 bits per heavy atom. The summed E-state index contributed by atoms with van der Waals surface area (Å²) in [4.78, 5) is 16.9. The van der Waals surface area contributed by atoms with Crippen LogP contribution >= 0.6 is 11.6 Å². The highest BCUT2D eigenvalue weighted by Crippen LogP contribution is 2.23. The van der Waals surface area contributed by atoms with Crippen LogP contribution in [0.3, 0.4) is 0 Å². The van der Waals surface area contributed by atoms with Gasteiger partial charge < -0.3 is 15.1 Å². The molecule has 1 atom stereocenters. The summed E-state index contributed by atoms with van der Waals surface area (Å²) >= 11 is 5.92. The molecule has 0 spiro atoms. The standard InChI is InChI=1S/C22H28ClN3O3S/c1-3-25(4-2)20-11-5-17(6-12-20)15-26(21-13-14-30(28,29)16-21)22(27)24-19-9-7-18(23)8-10-19/h5-12,21H,3-4,13-16H2,1-2H3,(H,24,27). The summed E-state index contributed by atoms with van der Waals surface area (Å²) in [5.41, 5.74) is 2.71. The maximum absolute atomic E-state index is 13.0. The van der Waals surface area contributed by atoms with Crippen LogP contribution < -0.4 is 10.2 Å². The minimum absolute atomic E-state index is 0.00142. The number of anilines is 2. The molecule has 30 heavy (non-hydrogen) atoms. The van der Waals surface area contributed by atoms with Crippen molar-refractivity contribution in [3.8, 4) is 0 Å². The van der Waals surface area contributed by atoms with Crippen LogP contribution in [0.2, 0.25) is 5.02 Å². The first-order chi connectivity index (χ1) is 14.3. The molecule has 1 fully saturated rings. The van der Waals surface area contributed by atoms with Gasteiger partial charge >= 0.3 is 6.03 Å². The van der Waals surface area contributed by atoms with Gasteiger partial charge in [0.15, 0.2) is 9.84 Å². The third kappa shape index (κ3) is 5.67. The van der Waals surface area contributed by atoms with E-state index in [2.05, 4.69) is 24.1 Å². The number of nitrogens with one attached hydrogen (secondary N) is 1. The van der Waals surface area contributed by atoms with Crippen molar-refractivity contribution < 1.29 is 13.2 Å². The van der Waals surface area contributed by atoms with Crippen molar-refractivity contribution in [1.29, 1.82) is 0 Å². The molecule has 0 saturated carbocycles. The molecule has 2 amide bonds. The molecule has 0 bridgehead atoms. The Labute approximate surface area is 183 Å². The second kappa shape index (κ2) is 9.71. The van der Waals surface area contributed by atoms with E-state index in [4.69, 9.17) is 11.6 Å². The average Bonchev–Trinajstić information content (AvgIpc) is 3.09.